The topological polar surface area (TPSA) is 96.4 Å². The fourth-order valence-electron chi connectivity index (χ4n) is 6.23. The molecule has 10 heteroatoms. The number of likely N-dealkylation sites (tertiary alicyclic amines) is 1. The van der Waals surface area contributed by atoms with Crippen LogP contribution < -0.4 is 4.90 Å². The van der Waals surface area contributed by atoms with Crippen LogP contribution in [0.25, 0.3) is 0 Å². The fourth-order valence-corrected chi connectivity index (χ4v) is 7.29. The van der Waals surface area contributed by atoms with Crippen LogP contribution in [0.1, 0.15) is 38.5 Å². The number of aliphatic hydroxyl groups excluding tert-OH is 1. The maximum absolute atomic E-state index is 14.4. The third-order valence-corrected chi connectivity index (χ3v) is 8.98. The van der Waals surface area contributed by atoms with Crippen molar-refractivity contribution in [3.63, 3.8) is 0 Å². The van der Waals surface area contributed by atoms with Crippen molar-refractivity contribution in [3.05, 3.63) is 54.6 Å². The zero-order valence-corrected chi connectivity index (χ0v) is 24.3. The Morgan fingerprint density at radius 2 is 1.92 bits per heavy atom. The number of benzene rings is 1. The number of fused-ring (bicyclic) bond motifs is 1. The molecule has 1 aromatic carbocycles. The molecule has 212 valence electrons. The first-order chi connectivity index (χ1) is 18.8. The summed E-state index contributed by atoms with van der Waals surface area (Å²) in [6.45, 7) is 8.36. The third-order valence-electron chi connectivity index (χ3n) is 7.88. The molecule has 3 unspecified atom stereocenters. The smallest absolute Gasteiger partial charge is 0.312 e. The van der Waals surface area contributed by atoms with Crippen LogP contribution in [0.2, 0.25) is 5.02 Å². The van der Waals surface area contributed by atoms with Gasteiger partial charge in [0.05, 0.1) is 24.5 Å². The molecule has 1 N–H and O–H groups in total. The molecule has 2 bridgehead atoms. The number of esters is 1. The van der Waals surface area contributed by atoms with Crippen molar-refractivity contribution in [1.82, 2.24) is 4.90 Å². The van der Waals surface area contributed by atoms with Gasteiger partial charge in [0, 0.05) is 35.2 Å². The number of hydrogen-bond donors (Lipinski definition) is 1. The van der Waals surface area contributed by atoms with Gasteiger partial charge in [0.1, 0.15) is 11.6 Å². The number of carbonyl (C=O) groups is 3. The van der Waals surface area contributed by atoms with Crippen LogP contribution in [0, 0.1) is 11.8 Å². The van der Waals surface area contributed by atoms with Crippen molar-refractivity contribution in [2.24, 2.45) is 11.8 Å². The normalized spacial score (nSPS) is 28.8. The number of ether oxygens (including phenoxy) is 2. The minimum Gasteiger partial charge on any atom is -0.465 e. The largest absolute Gasteiger partial charge is 0.465 e. The average molecular weight is 624 g/mol. The molecule has 39 heavy (non-hydrogen) atoms. The molecule has 1 aromatic rings. The summed E-state index contributed by atoms with van der Waals surface area (Å²) in [6.07, 6.45) is 6.62. The summed E-state index contributed by atoms with van der Waals surface area (Å²) in [7, 11) is 0. The Morgan fingerprint density at radius 3 is 2.59 bits per heavy atom. The average Bonchev–Trinajstić information content (AvgIpc) is 3.51. The van der Waals surface area contributed by atoms with Crippen LogP contribution >= 0.6 is 27.5 Å². The van der Waals surface area contributed by atoms with E-state index in [2.05, 4.69) is 29.1 Å². The summed E-state index contributed by atoms with van der Waals surface area (Å²) in [5.74, 6) is -2.64. The highest BCUT2D eigenvalue weighted by atomic mass is 79.9. The highest BCUT2D eigenvalue weighted by molar-refractivity contribution is 9.09. The Balaban J connectivity index is 1.70. The van der Waals surface area contributed by atoms with Crippen LogP contribution in [0.4, 0.5) is 5.69 Å². The number of anilines is 1. The summed E-state index contributed by atoms with van der Waals surface area (Å²) in [5.41, 5.74) is -0.533. The highest BCUT2D eigenvalue weighted by Crippen LogP contribution is 2.60. The number of amides is 2. The van der Waals surface area contributed by atoms with Gasteiger partial charge in [-0.3, -0.25) is 14.4 Å². The number of aliphatic hydroxyl groups is 1. The standard InChI is InChI=1S/C29H36BrClN2O6/c1-3-5-17-38-28(37)22-23-26(35)33(15-8-6-7-9-16-34)25(29(23)18-21(30)24(22)39-29)27(36)32(14-4-2)20-12-10-19(31)11-13-20/h3-4,10-13,21-25,34H,1-2,5-9,14-18H2/t21?,22-,23-,24-,25?,29?/m0/s1. The Kier molecular flexibility index (Phi) is 9.91. The van der Waals surface area contributed by atoms with E-state index in [-0.39, 0.29) is 36.4 Å². The molecule has 0 aromatic heterocycles. The number of rotatable bonds is 14. The molecule has 3 heterocycles. The van der Waals surface area contributed by atoms with Gasteiger partial charge < -0.3 is 24.4 Å². The molecule has 0 radical (unpaired) electrons. The van der Waals surface area contributed by atoms with Gasteiger partial charge in [-0.25, -0.2) is 0 Å². The lowest BCUT2D eigenvalue weighted by Gasteiger charge is -2.37. The summed E-state index contributed by atoms with van der Waals surface area (Å²) >= 11 is 9.78. The minimum absolute atomic E-state index is 0.115. The van der Waals surface area contributed by atoms with Gasteiger partial charge in [-0.2, -0.15) is 0 Å². The number of alkyl halides is 1. The Bertz CT molecular complexity index is 1080. The number of halogens is 2. The van der Waals surface area contributed by atoms with E-state index in [1.165, 1.54) is 0 Å². The van der Waals surface area contributed by atoms with Crippen molar-refractivity contribution < 1.29 is 29.0 Å². The second-order valence-corrected chi connectivity index (χ2v) is 11.9. The van der Waals surface area contributed by atoms with Crippen LogP contribution in [-0.2, 0) is 23.9 Å². The fraction of sp³-hybridized carbons (Fsp3) is 0.552. The Hall–Kier alpha value is -2.20. The van der Waals surface area contributed by atoms with Gasteiger partial charge in [0.2, 0.25) is 5.91 Å². The number of carbonyl (C=O) groups excluding carboxylic acids is 3. The quantitative estimate of drug-likeness (QED) is 0.144. The molecule has 1 spiro atoms. The zero-order valence-electron chi connectivity index (χ0n) is 22.0. The van der Waals surface area contributed by atoms with Crippen molar-refractivity contribution in [3.8, 4) is 0 Å². The molecule has 3 saturated heterocycles. The van der Waals surface area contributed by atoms with Crippen LogP contribution in [-0.4, -0.2) is 76.7 Å². The van der Waals surface area contributed by atoms with E-state index < -0.39 is 35.6 Å². The second-order valence-electron chi connectivity index (χ2n) is 10.3. The first-order valence-electron chi connectivity index (χ1n) is 13.5. The summed E-state index contributed by atoms with van der Waals surface area (Å²) in [4.78, 5) is 44.8. The molecule has 3 fully saturated rings. The van der Waals surface area contributed by atoms with Crippen molar-refractivity contribution in [2.45, 2.75) is 61.1 Å². The number of nitrogens with zero attached hydrogens (tertiary/aromatic N) is 2. The molecule has 3 aliphatic rings. The zero-order chi connectivity index (χ0) is 28.2. The highest BCUT2D eigenvalue weighted by Gasteiger charge is 2.77. The van der Waals surface area contributed by atoms with Gasteiger partial charge >= 0.3 is 5.97 Å². The lowest BCUT2D eigenvalue weighted by Crippen LogP contribution is -2.57. The lowest BCUT2D eigenvalue weighted by atomic mass is 9.70. The third kappa shape index (κ3) is 5.69. The van der Waals surface area contributed by atoms with Gasteiger partial charge in [-0.1, -0.05) is 52.5 Å². The maximum Gasteiger partial charge on any atom is 0.312 e. The molecule has 3 aliphatic heterocycles. The van der Waals surface area contributed by atoms with Gasteiger partial charge in [-0.15, -0.1) is 13.2 Å². The van der Waals surface area contributed by atoms with Crippen LogP contribution in [0.5, 0.6) is 0 Å². The van der Waals surface area contributed by atoms with E-state index in [0.717, 1.165) is 12.8 Å². The predicted molar refractivity (Wildman–Crippen MR) is 153 cm³/mol. The minimum atomic E-state index is -1.16. The van der Waals surface area contributed by atoms with E-state index in [1.807, 2.05) is 0 Å². The van der Waals surface area contributed by atoms with Gasteiger partial charge in [0.25, 0.3) is 5.91 Å². The molecule has 0 aliphatic carbocycles. The van der Waals surface area contributed by atoms with E-state index in [9.17, 15) is 14.4 Å². The SMILES string of the molecule is C=CCCOC(=O)[C@H]1[C@H]2C(=O)N(CCCCCCO)C(C(=O)N(CC=C)c3ccc(Cl)cc3)C23CC(Br)[C@@H]1O3. The Labute approximate surface area is 243 Å². The van der Waals surface area contributed by atoms with Crippen molar-refractivity contribution in [2.75, 3.05) is 31.2 Å². The van der Waals surface area contributed by atoms with Gasteiger partial charge in [0.15, 0.2) is 0 Å². The molecule has 0 saturated carbocycles. The molecule has 6 atom stereocenters. The van der Waals surface area contributed by atoms with E-state index in [1.54, 1.807) is 46.2 Å². The maximum atomic E-state index is 14.4. The first kappa shape index (κ1) is 29.8. The van der Waals surface area contributed by atoms with Crippen LogP contribution in [0.3, 0.4) is 0 Å². The molecule has 2 amide bonds. The number of unbranched alkanes of at least 4 members (excludes halogenated alkanes) is 3. The van der Waals surface area contributed by atoms with Gasteiger partial charge in [-0.05, 0) is 49.9 Å². The molecular formula is C29H36BrClN2O6. The predicted octanol–water partition coefficient (Wildman–Crippen LogP) is 4.28. The summed E-state index contributed by atoms with van der Waals surface area (Å²) < 4.78 is 12.1. The summed E-state index contributed by atoms with van der Waals surface area (Å²) in [6, 6.07) is 6.02. The van der Waals surface area contributed by atoms with Crippen molar-refractivity contribution >= 4 is 51.0 Å². The Morgan fingerprint density at radius 1 is 1.21 bits per heavy atom. The van der Waals surface area contributed by atoms with E-state index >= 15 is 0 Å². The second kappa shape index (κ2) is 13.0. The molecule has 4 rings (SSSR count). The molecule has 8 nitrogen and oxygen atoms in total. The monoisotopic (exact) mass is 622 g/mol. The first-order valence-corrected chi connectivity index (χ1v) is 14.8. The van der Waals surface area contributed by atoms with Crippen molar-refractivity contribution in [1.29, 1.82) is 0 Å². The summed E-state index contributed by atoms with van der Waals surface area (Å²) in [5, 5.41) is 9.68. The van der Waals surface area contributed by atoms with E-state index in [0.29, 0.717) is 42.9 Å². The lowest BCUT2D eigenvalue weighted by molar-refractivity contribution is -0.154. The molecular weight excluding hydrogens is 588 g/mol. The van der Waals surface area contributed by atoms with Crippen LogP contribution in [0.15, 0.2) is 49.6 Å². The van der Waals surface area contributed by atoms with E-state index in [4.69, 9.17) is 26.2 Å². The number of hydrogen-bond acceptors (Lipinski definition) is 6.